The minimum atomic E-state index is -0.276. The molecule has 1 fully saturated rings. The number of benzene rings is 2. The van der Waals surface area contributed by atoms with E-state index in [0.29, 0.717) is 0 Å². The van der Waals surface area contributed by atoms with Crippen molar-refractivity contribution in [1.82, 2.24) is 0 Å². The van der Waals surface area contributed by atoms with Crippen LogP contribution in [0, 0.1) is 5.92 Å². The summed E-state index contributed by atoms with van der Waals surface area (Å²) in [7, 11) is 0. The topological polar surface area (TPSA) is 43.4 Å². The number of hydrogen-bond acceptors (Lipinski definition) is 3. The maximum atomic E-state index is 12.6. The first-order valence-electron chi connectivity index (χ1n) is 8.83. The van der Waals surface area contributed by atoms with Crippen LogP contribution in [0.3, 0.4) is 0 Å². The molecule has 1 heterocycles. The highest BCUT2D eigenvalue weighted by Crippen LogP contribution is 2.33. The van der Waals surface area contributed by atoms with Crippen LogP contribution in [0.1, 0.15) is 31.2 Å². The highest BCUT2D eigenvalue weighted by Gasteiger charge is 2.38. The normalized spacial score (nSPS) is 23.2. The first kappa shape index (κ1) is 15.8. The summed E-state index contributed by atoms with van der Waals surface area (Å²) in [6.07, 6.45) is 8.42. The molecule has 25 heavy (non-hydrogen) atoms. The van der Waals surface area contributed by atoms with Crippen LogP contribution < -0.4 is 0 Å². The van der Waals surface area contributed by atoms with Crippen molar-refractivity contribution >= 4 is 28.4 Å². The van der Waals surface area contributed by atoms with Crippen LogP contribution in [0.25, 0.3) is 16.8 Å². The molecule has 0 saturated heterocycles. The van der Waals surface area contributed by atoms with E-state index in [-0.39, 0.29) is 29.2 Å². The molecule has 2 atom stereocenters. The quantitative estimate of drug-likeness (QED) is 0.615. The van der Waals surface area contributed by atoms with Crippen LogP contribution in [0.5, 0.6) is 0 Å². The number of allylic oxidation sites excluding steroid dienone is 2. The average molecular weight is 332 g/mol. The molecule has 3 heteroatoms. The molecular formula is C22H20O3. The predicted octanol–water partition coefficient (Wildman–Crippen LogP) is 4.46. The molecule has 0 radical (unpaired) electrons. The van der Waals surface area contributed by atoms with E-state index in [1.165, 1.54) is 12.3 Å². The monoisotopic (exact) mass is 332 g/mol. The molecule has 126 valence electrons. The van der Waals surface area contributed by atoms with Crippen molar-refractivity contribution in [1.29, 1.82) is 0 Å². The minimum Gasteiger partial charge on any atom is -0.496 e. The molecule has 2 aromatic carbocycles. The zero-order chi connectivity index (χ0) is 17.2. The van der Waals surface area contributed by atoms with Gasteiger partial charge in [-0.3, -0.25) is 9.59 Å². The Bertz CT molecular complexity index is 891. The first-order chi connectivity index (χ1) is 12.2. The lowest BCUT2D eigenvalue weighted by Crippen LogP contribution is -2.38. The predicted molar refractivity (Wildman–Crippen MR) is 97.9 cm³/mol. The molecule has 1 aliphatic heterocycles. The van der Waals surface area contributed by atoms with Crippen LogP contribution in [-0.2, 0) is 14.3 Å². The van der Waals surface area contributed by atoms with Crippen LogP contribution in [0.2, 0.25) is 0 Å². The number of ether oxygens (including phenoxy) is 1. The highest BCUT2D eigenvalue weighted by molar-refractivity contribution is 6.25. The van der Waals surface area contributed by atoms with Crippen molar-refractivity contribution < 1.29 is 14.3 Å². The Hall–Kier alpha value is -2.68. The summed E-state index contributed by atoms with van der Waals surface area (Å²) in [6.45, 7) is 0. The van der Waals surface area contributed by atoms with Crippen LogP contribution >= 0.6 is 0 Å². The number of Topliss-reactive ketones (excluding diaryl/α,β-unsaturated/α-hetero) is 1. The van der Waals surface area contributed by atoms with Crippen molar-refractivity contribution in [2.45, 2.75) is 31.8 Å². The molecule has 2 unspecified atom stereocenters. The van der Waals surface area contributed by atoms with E-state index in [4.69, 9.17) is 4.74 Å². The Morgan fingerprint density at radius 2 is 1.84 bits per heavy atom. The maximum absolute atomic E-state index is 12.6. The van der Waals surface area contributed by atoms with Crippen LogP contribution in [0.15, 0.2) is 60.4 Å². The number of fused-ring (bicyclic) bond motifs is 2. The Morgan fingerprint density at radius 3 is 2.72 bits per heavy atom. The summed E-state index contributed by atoms with van der Waals surface area (Å²) >= 11 is 0. The van der Waals surface area contributed by atoms with Gasteiger partial charge in [0, 0.05) is 0 Å². The summed E-state index contributed by atoms with van der Waals surface area (Å²) in [4.78, 5) is 25.0. The van der Waals surface area contributed by atoms with Gasteiger partial charge in [-0.15, -0.1) is 0 Å². The summed E-state index contributed by atoms with van der Waals surface area (Å²) in [6, 6.07) is 14.1. The van der Waals surface area contributed by atoms with Gasteiger partial charge in [0.2, 0.25) is 0 Å². The summed E-state index contributed by atoms with van der Waals surface area (Å²) < 4.78 is 5.66. The van der Waals surface area contributed by atoms with E-state index in [2.05, 4.69) is 6.07 Å². The number of carbonyl (C=O) groups excluding carboxylic acids is 2. The molecule has 1 aliphatic carbocycles. The van der Waals surface area contributed by atoms with Gasteiger partial charge in [0.1, 0.15) is 6.10 Å². The second-order valence-corrected chi connectivity index (χ2v) is 6.77. The lowest BCUT2D eigenvalue weighted by molar-refractivity contribution is -0.129. The number of hydrogen-bond donors (Lipinski definition) is 0. The third-order valence-electron chi connectivity index (χ3n) is 5.13. The van der Waals surface area contributed by atoms with Crippen molar-refractivity contribution in [2.24, 2.45) is 5.92 Å². The van der Waals surface area contributed by atoms with E-state index in [1.807, 2.05) is 36.4 Å². The molecule has 0 amide bonds. The van der Waals surface area contributed by atoms with Gasteiger partial charge in [0.05, 0.1) is 17.8 Å². The molecule has 0 bridgehead atoms. The fraction of sp³-hybridized carbons (Fsp3) is 0.273. The molecule has 0 spiro atoms. The second kappa shape index (κ2) is 6.67. The van der Waals surface area contributed by atoms with Crippen LogP contribution in [0.4, 0.5) is 0 Å². The largest absolute Gasteiger partial charge is 0.496 e. The molecule has 0 aromatic heterocycles. The van der Waals surface area contributed by atoms with E-state index in [9.17, 15) is 9.59 Å². The molecule has 3 nitrogen and oxygen atoms in total. The lowest BCUT2D eigenvalue weighted by Gasteiger charge is -2.33. The van der Waals surface area contributed by atoms with Gasteiger partial charge < -0.3 is 4.74 Å². The Labute approximate surface area is 147 Å². The van der Waals surface area contributed by atoms with Crippen molar-refractivity contribution in [3.63, 3.8) is 0 Å². The minimum absolute atomic E-state index is 0.0396. The first-order valence-corrected chi connectivity index (χ1v) is 8.83. The zero-order valence-corrected chi connectivity index (χ0v) is 14.0. The zero-order valence-electron chi connectivity index (χ0n) is 14.0. The van der Waals surface area contributed by atoms with Gasteiger partial charge in [0.15, 0.2) is 11.6 Å². The molecule has 1 saturated carbocycles. The lowest BCUT2D eigenvalue weighted by atomic mass is 9.79. The number of rotatable bonds is 3. The van der Waals surface area contributed by atoms with E-state index in [1.54, 1.807) is 6.08 Å². The van der Waals surface area contributed by atoms with Gasteiger partial charge in [-0.1, -0.05) is 48.9 Å². The van der Waals surface area contributed by atoms with Crippen LogP contribution in [-0.4, -0.2) is 17.7 Å². The third-order valence-corrected chi connectivity index (χ3v) is 5.13. The Kier molecular flexibility index (Phi) is 4.22. The highest BCUT2D eigenvalue weighted by atomic mass is 16.5. The summed E-state index contributed by atoms with van der Waals surface area (Å²) in [5, 5.41) is 2.28. The van der Waals surface area contributed by atoms with Gasteiger partial charge >= 0.3 is 0 Å². The van der Waals surface area contributed by atoms with Gasteiger partial charge in [-0.2, -0.15) is 0 Å². The standard InChI is InChI=1S/C22H20O3/c23-20(19-14-25-21-8-4-3-7-18(21)22(19)24)12-10-15-9-11-16-5-1-2-6-17(16)13-15/h1-2,5-6,9-14,18,21H,3-4,7-8H2/b12-10+. The Balaban J connectivity index is 1.53. The van der Waals surface area contributed by atoms with Gasteiger partial charge in [-0.25, -0.2) is 0 Å². The van der Waals surface area contributed by atoms with Crippen molar-refractivity contribution in [2.75, 3.05) is 0 Å². The molecule has 2 aromatic rings. The Morgan fingerprint density at radius 1 is 1.04 bits per heavy atom. The van der Waals surface area contributed by atoms with E-state index >= 15 is 0 Å². The summed E-state index contributed by atoms with van der Waals surface area (Å²) in [5.74, 6) is -0.474. The molecule has 2 aliphatic rings. The SMILES string of the molecule is O=C(/C=C/c1ccc2ccccc2c1)C1=COC2CCCCC2C1=O. The fourth-order valence-electron chi connectivity index (χ4n) is 3.73. The fourth-order valence-corrected chi connectivity index (χ4v) is 3.73. The molecular weight excluding hydrogens is 312 g/mol. The molecule has 0 N–H and O–H groups in total. The van der Waals surface area contributed by atoms with Crippen molar-refractivity contribution in [3.8, 4) is 0 Å². The smallest absolute Gasteiger partial charge is 0.192 e. The number of carbonyl (C=O) groups is 2. The van der Waals surface area contributed by atoms with Gasteiger partial charge in [0.25, 0.3) is 0 Å². The average Bonchev–Trinajstić information content (AvgIpc) is 2.66. The maximum Gasteiger partial charge on any atom is 0.192 e. The molecule has 4 rings (SSSR count). The second-order valence-electron chi connectivity index (χ2n) is 6.77. The van der Waals surface area contributed by atoms with Crippen molar-refractivity contribution in [3.05, 3.63) is 65.9 Å². The van der Waals surface area contributed by atoms with E-state index in [0.717, 1.165) is 42.0 Å². The van der Waals surface area contributed by atoms with Gasteiger partial charge in [-0.05, 0) is 47.7 Å². The third kappa shape index (κ3) is 3.14. The number of ketones is 2. The summed E-state index contributed by atoms with van der Waals surface area (Å²) in [5.41, 5.74) is 1.12. The van der Waals surface area contributed by atoms with E-state index < -0.39 is 0 Å².